The van der Waals surface area contributed by atoms with Crippen LogP contribution in [0, 0.1) is 16.6 Å². The van der Waals surface area contributed by atoms with Gasteiger partial charge in [-0.3, -0.25) is 0 Å². The van der Waals surface area contributed by atoms with E-state index in [1.54, 1.807) is 18.6 Å². The number of nitroso groups, excluding NO2 is 1. The van der Waals surface area contributed by atoms with Gasteiger partial charge in [-0.2, -0.15) is 4.91 Å². The Hall–Kier alpha value is -2.30. The minimum Gasteiger partial charge on any atom is -0.323 e. The third kappa shape index (κ3) is 2.31. The summed E-state index contributed by atoms with van der Waals surface area (Å²) in [7, 11) is 0. The van der Waals surface area contributed by atoms with Gasteiger partial charge in [-0.25, -0.2) is 9.37 Å². The molecule has 4 nitrogen and oxygen atoms in total. The summed E-state index contributed by atoms with van der Waals surface area (Å²) in [4.78, 5) is 15.6. The van der Waals surface area contributed by atoms with Crippen LogP contribution in [0.5, 0.6) is 0 Å². The number of allylic oxidation sites excluding steroid dienone is 2. The van der Waals surface area contributed by atoms with Crippen molar-refractivity contribution in [3.8, 4) is 11.3 Å². The standard InChI is InChI=1S/C18H18FN3O/c19-14-8-4-7-13-17-10-20-11-22(17)16(18(13)14)9-15(21-23)12-5-2-1-3-6-12/h1-2,4,7-8,10-12,15-16H,3,5-6,9H2. The van der Waals surface area contributed by atoms with Crippen LogP contribution in [0.25, 0.3) is 11.3 Å². The van der Waals surface area contributed by atoms with E-state index in [1.165, 1.54) is 6.07 Å². The minimum atomic E-state index is -0.300. The van der Waals surface area contributed by atoms with Gasteiger partial charge in [-0.05, 0) is 37.7 Å². The zero-order valence-corrected chi connectivity index (χ0v) is 12.7. The zero-order valence-electron chi connectivity index (χ0n) is 12.7. The summed E-state index contributed by atoms with van der Waals surface area (Å²) in [5.41, 5.74) is 2.46. The second-order valence-corrected chi connectivity index (χ2v) is 6.36. The Morgan fingerprint density at radius 3 is 3.09 bits per heavy atom. The van der Waals surface area contributed by atoms with Crippen molar-refractivity contribution in [2.24, 2.45) is 11.1 Å². The first-order valence-electron chi connectivity index (χ1n) is 8.07. The third-order valence-corrected chi connectivity index (χ3v) is 5.12. The van der Waals surface area contributed by atoms with E-state index in [9.17, 15) is 9.30 Å². The van der Waals surface area contributed by atoms with Crippen molar-refractivity contribution in [1.82, 2.24) is 9.55 Å². The van der Waals surface area contributed by atoms with Crippen LogP contribution in [0.15, 0.2) is 48.1 Å². The number of benzene rings is 1. The summed E-state index contributed by atoms with van der Waals surface area (Å²) in [6, 6.07) is 4.62. The molecule has 118 valence electrons. The van der Waals surface area contributed by atoms with Gasteiger partial charge in [0.15, 0.2) is 0 Å². The quantitative estimate of drug-likeness (QED) is 0.617. The number of imidazole rings is 1. The second-order valence-electron chi connectivity index (χ2n) is 6.36. The molecule has 0 spiro atoms. The molecule has 4 rings (SSSR count). The number of halogens is 1. The monoisotopic (exact) mass is 311 g/mol. The molecular weight excluding hydrogens is 293 g/mol. The summed E-state index contributed by atoms with van der Waals surface area (Å²) in [5.74, 6) is 0.0321. The van der Waals surface area contributed by atoms with E-state index in [0.717, 1.165) is 30.5 Å². The first-order chi connectivity index (χ1) is 11.3. The zero-order chi connectivity index (χ0) is 15.8. The molecule has 3 atom stereocenters. The average Bonchev–Trinajstić information content (AvgIpc) is 3.16. The number of nitrogens with zero attached hydrogens (tertiary/aromatic N) is 3. The van der Waals surface area contributed by atoms with Crippen molar-refractivity contribution in [1.29, 1.82) is 0 Å². The fraction of sp³-hybridized carbons (Fsp3) is 0.389. The summed E-state index contributed by atoms with van der Waals surface area (Å²) in [5, 5.41) is 3.39. The predicted molar refractivity (Wildman–Crippen MR) is 86.4 cm³/mol. The fourth-order valence-electron chi connectivity index (χ4n) is 3.95. The van der Waals surface area contributed by atoms with Crippen molar-refractivity contribution in [2.45, 2.75) is 37.8 Å². The number of rotatable bonds is 4. The molecular formula is C18H18FN3O. The summed E-state index contributed by atoms with van der Waals surface area (Å²) >= 11 is 0. The van der Waals surface area contributed by atoms with E-state index in [-0.39, 0.29) is 23.8 Å². The molecule has 0 amide bonds. The Morgan fingerprint density at radius 2 is 2.30 bits per heavy atom. The third-order valence-electron chi connectivity index (χ3n) is 5.12. The van der Waals surface area contributed by atoms with Crippen LogP contribution >= 0.6 is 0 Å². The lowest BCUT2D eigenvalue weighted by atomic mass is 9.84. The van der Waals surface area contributed by atoms with E-state index < -0.39 is 0 Å². The van der Waals surface area contributed by atoms with E-state index in [1.807, 2.05) is 10.6 Å². The van der Waals surface area contributed by atoms with Crippen LogP contribution in [0.4, 0.5) is 4.39 Å². The molecule has 0 N–H and O–H groups in total. The summed E-state index contributed by atoms with van der Waals surface area (Å²) in [6.45, 7) is 0. The molecule has 1 aromatic heterocycles. The number of hydrogen-bond donors (Lipinski definition) is 0. The molecule has 2 aliphatic rings. The number of fused-ring (bicyclic) bond motifs is 3. The molecule has 0 radical (unpaired) electrons. The van der Waals surface area contributed by atoms with Gasteiger partial charge < -0.3 is 4.57 Å². The van der Waals surface area contributed by atoms with Crippen LogP contribution in [-0.4, -0.2) is 15.6 Å². The molecule has 0 saturated carbocycles. The molecule has 1 aliphatic heterocycles. The Morgan fingerprint density at radius 1 is 1.39 bits per heavy atom. The molecule has 2 heterocycles. The molecule has 3 unspecified atom stereocenters. The van der Waals surface area contributed by atoms with E-state index in [4.69, 9.17) is 0 Å². The van der Waals surface area contributed by atoms with E-state index >= 15 is 0 Å². The van der Waals surface area contributed by atoms with Crippen LogP contribution < -0.4 is 0 Å². The highest BCUT2D eigenvalue weighted by atomic mass is 19.1. The molecule has 1 aromatic carbocycles. The Labute approximate surface area is 134 Å². The molecule has 0 fully saturated rings. The average molecular weight is 311 g/mol. The van der Waals surface area contributed by atoms with Crippen molar-refractivity contribution < 1.29 is 4.39 Å². The predicted octanol–water partition coefficient (Wildman–Crippen LogP) is 4.47. The van der Waals surface area contributed by atoms with Gasteiger partial charge in [0.1, 0.15) is 5.82 Å². The summed E-state index contributed by atoms with van der Waals surface area (Å²) < 4.78 is 16.4. The van der Waals surface area contributed by atoms with Gasteiger partial charge in [0.25, 0.3) is 0 Å². The molecule has 1 aliphatic carbocycles. The van der Waals surface area contributed by atoms with Crippen molar-refractivity contribution in [2.75, 3.05) is 0 Å². The molecule has 0 saturated heterocycles. The fourth-order valence-corrected chi connectivity index (χ4v) is 3.95. The van der Waals surface area contributed by atoms with Crippen molar-refractivity contribution in [3.63, 3.8) is 0 Å². The lowest BCUT2D eigenvalue weighted by Crippen LogP contribution is -2.24. The van der Waals surface area contributed by atoms with Gasteiger partial charge in [0.2, 0.25) is 0 Å². The lowest BCUT2D eigenvalue weighted by molar-refractivity contribution is 0.339. The Kier molecular flexibility index (Phi) is 3.56. The van der Waals surface area contributed by atoms with Gasteiger partial charge in [0.05, 0.1) is 30.3 Å². The SMILES string of the molecule is O=NC(CC1c2c(F)cccc2-c2cncn21)C1CC=CCC1. The van der Waals surface area contributed by atoms with E-state index in [0.29, 0.717) is 12.0 Å². The minimum absolute atomic E-state index is 0.197. The van der Waals surface area contributed by atoms with Crippen LogP contribution in [0.3, 0.4) is 0 Å². The topological polar surface area (TPSA) is 47.2 Å². The number of hydrogen-bond acceptors (Lipinski definition) is 3. The first kappa shape index (κ1) is 14.3. The Balaban J connectivity index is 1.69. The number of aromatic nitrogens is 2. The van der Waals surface area contributed by atoms with Gasteiger partial charge >= 0.3 is 0 Å². The van der Waals surface area contributed by atoms with Gasteiger partial charge in [-0.15, -0.1) is 0 Å². The highest BCUT2D eigenvalue weighted by Gasteiger charge is 2.35. The van der Waals surface area contributed by atoms with Crippen molar-refractivity contribution >= 4 is 0 Å². The molecule has 2 aromatic rings. The van der Waals surface area contributed by atoms with Crippen LogP contribution in [0.1, 0.15) is 37.3 Å². The van der Waals surface area contributed by atoms with Crippen LogP contribution in [0.2, 0.25) is 0 Å². The van der Waals surface area contributed by atoms with Crippen molar-refractivity contribution in [3.05, 3.63) is 59.2 Å². The molecule has 0 bridgehead atoms. The van der Waals surface area contributed by atoms with E-state index in [2.05, 4.69) is 22.3 Å². The lowest BCUT2D eigenvalue weighted by Gasteiger charge is -2.26. The van der Waals surface area contributed by atoms with Gasteiger partial charge in [0, 0.05) is 11.1 Å². The Bertz CT molecular complexity index is 767. The maximum Gasteiger partial charge on any atom is 0.129 e. The summed E-state index contributed by atoms with van der Waals surface area (Å²) in [6.07, 6.45) is 11.1. The molecule has 5 heteroatoms. The van der Waals surface area contributed by atoms with Gasteiger partial charge in [-0.1, -0.05) is 29.5 Å². The highest BCUT2D eigenvalue weighted by Crippen LogP contribution is 2.44. The maximum atomic E-state index is 14.4. The molecule has 23 heavy (non-hydrogen) atoms. The smallest absolute Gasteiger partial charge is 0.129 e. The normalized spacial score (nSPS) is 23.3. The largest absolute Gasteiger partial charge is 0.323 e. The highest BCUT2D eigenvalue weighted by molar-refractivity contribution is 5.69. The second kappa shape index (κ2) is 5.72. The van der Waals surface area contributed by atoms with Crippen LogP contribution in [-0.2, 0) is 0 Å². The maximum absolute atomic E-state index is 14.4. The first-order valence-corrected chi connectivity index (χ1v) is 8.07.